The van der Waals surface area contributed by atoms with Crippen molar-refractivity contribution in [2.75, 3.05) is 4.90 Å². The molecule has 0 bridgehead atoms. The number of nitrogens with zero attached hydrogens (tertiary/aromatic N) is 1. The fourth-order valence-corrected chi connectivity index (χ4v) is 3.81. The fraction of sp³-hybridized carbons (Fsp3) is 0.105. The van der Waals surface area contributed by atoms with Crippen molar-refractivity contribution in [1.29, 1.82) is 0 Å². The molecular weight excluding hydrogens is 354 g/mol. The van der Waals surface area contributed by atoms with E-state index in [9.17, 15) is 9.59 Å². The summed E-state index contributed by atoms with van der Waals surface area (Å²) in [6, 6.07) is 12.2. The van der Waals surface area contributed by atoms with Crippen LogP contribution in [0, 0.1) is 13.8 Å². The lowest BCUT2D eigenvalue weighted by atomic mass is 10.1. The van der Waals surface area contributed by atoms with E-state index in [1.54, 1.807) is 23.1 Å². The van der Waals surface area contributed by atoms with Gasteiger partial charge in [0.1, 0.15) is 0 Å². The van der Waals surface area contributed by atoms with Crippen molar-refractivity contribution >= 4 is 51.9 Å². The number of anilines is 1. The van der Waals surface area contributed by atoms with Crippen LogP contribution in [0.15, 0.2) is 47.4 Å². The number of aromatic carboxylic acids is 1. The van der Waals surface area contributed by atoms with Gasteiger partial charge in [-0.3, -0.25) is 9.69 Å². The number of rotatable bonds is 3. The number of carbonyl (C=O) groups is 2. The molecule has 1 aliphatic heterocycles. The number of hydrogen-bond donors (Lipinski definition) is 1. The van der Waals surface area contributed by atoms with Crippen LogP contribution < -0.4 is 4.90 Å². The van der Waals surface area contributed by atoms with Crippen LogP contribution in [0.4, 0.5) is 5.69 Å². The maximum absolute atomic E-state index is 12.8. The van der Waals surface area contributed by atoms with Crippen molar-refractivity contribution in [3.8, 4) is 0 Å². The van der Waals surface area contributed by atoms with E-state index >= 15 is 0 Å². The van der Waals surface area contributed by atoms with Gasteiger partial charge in [-0.2, -0.15) is 0 Å². The summed E-state index contributed by atoms with van der Waals surface area (Å²) in [6.45, 7) is 3.97. The molecule has 1 amide bonds. The van der Waals surface area contributed by atoms with Crippen molar-refractivity contribution in [1.82, 2.24) is 0 Å². The van der Waals surface area contributed by atoms with Crippen LogP contribution in [0.25, 0.3) is 6.08 Å². The van der Waals surface area contributed by atoms with Gasteiger partial charge >= 0.3 is 5.97 Å². The summed E-state index contributed by atoms with van der Waals surface area (Å²) in [4.78, 5) is 25.8. The second-order valence-electron chi connectivity index (χ2n) is 5.66. The van der Waals surface area contributed by atoms with Crippen molar-refractivity contribution in [2.24, 2.45) is 0 Å². The molecule has 126 valence electrons. The number of carboxylic acids is 1. The third-order valence-corrected chi connectivity index (χ3v) is 5.37. The van der Waals surface area contributed by atoms with E-state index in [1.807, 2.05) is 32.0 Å². The summed E-state index contributed by atoms with van der Waals surface area (Å²) >= 11 is 6.65. The summed E-state index contributed by atoms with van der Waals surface area (Å²) in [5.41, 5.74) is 3.88. The number of amides is 1. The Morgan fingerprint density at radius 1 is 1.16 bits per heavy atom. The van der Waals surface area contributed by atoms with Gasteiger partial charge in [0.05, 0.1) is 16.2 Å². The SMILES string of the molecule is Cc1cccc(N2C(=O)/C(=C\c3ccc(C(=O)O)cc3)SC2=S)c1C. The number of carbonyl (C=O) groups excluding carboxylic acids is 1. The van der Waals surface area contributed by atoms with Crippen molar-refractivity contribution in [3.63, 3.8) is 0 Å². The van der Waals surface area contributed by atoms with E-state index < -0.39 is 5.97 Å². The minimum absolute atomic E-state index is 0.161. The van der Waals surface area contributed by atoms with Gasteiger partial charge in [-0.05, 0) is 54.8 Å². The van der Waals surface area contributed by atoms with Gasteiger partial charge < -0.3 is 5.11 Å². The smallest absolute Gasteiger partial charge is 0.335 e. The normalized spacial score (nSPS) is 15.9. The molecule has 0 spiro atoms. The monoisotopic (exact) mass is 369 g/mol. The highest BCUT2D eigenvalue weighted by Gasteiger charge is 2.34. The molecule has 6 heteroatoms. The molecule has 0 atom stereocenters. The zero-order chi connectivity index (χ0) is 18.1. The Morgan fingerprint density at radius 2 is 1.84 bits per heavy atom. The van der Waals surface area contributed by atoms with E-state index in [4.69, 9.17) is 17.3 Å². The summed E-state index contributed by atoms with van der Waals surface area (Å²) in [5.74, 6) is -1.14. The fourth-order valence-electron chi connectivity index (χ4n) is 2.53. The van der Waals surface area contributed by atoms with Gasteiger partial charge in [0, 0.05) is 0 Å². The molecule has 2 aromatic rings. The summed E-state index contributed by atoms with van der Waals surface area (Å²) < 4.78 is 0.493. The summed E-state index contributed by atoms with van der Waals surface area (Å²) in [7, 11) is 0. The van der Waals surface area contributed by atoms with E-state index in [0.717, 1.165) is 22.4 Å². The first-order chi connectivity index (χ1) is 11.9. The Balaban J connectivity index is 1.93. The predicted molar refractivity (Wildman–Crippen MR) is 105 cm³/mol. The predicted octanol–water partition coefficient (Wildman–Crippen LogP) is 4.41. The first-order valence-corrected chi connectivity index (χ1v) is 8.78. The number of benzene rings is 2. The van der Waals surface area contributed by atoms with Gasteiger partial charge in [0.15, 0.2) is 4.32 Å². The lowest BCUT2D eigenvalue weighted by Crippen LogP contribution is -2.28. The minimum Gasteiger partial charge on any atom is -0.478 e. The largest absolute Gasteiger partial charge is 0.478 e. The highest BCUT2D eigenvalue weighted by Crippen LogP contribution is 2.37. The average Bonchev–Trinajstić information content (AvgIpc) is 2.85. The van der Waals surface area contributed by atoms with Crippen LogP contribution in [-0.2, 0) is 4.79 Å². The lowest BCUT2D eigenvalue weighted by Gasteiger charge is -2.18. The Bertz CT molecular complexity index is 917. The number of thiocarbonyl (C=S) groups is 1. The molecule has 0 saturated carbocycles. The molecular formula is C19H15NO3S2. The first kappa shape index (κ1) is 17.4. The molecule has 0 radical (unpaired) electrons. The third-order valence-electron chi connectivity index (χ3n) is 4.07. The van der Waals surface area contributed by atoms with Crippen molar-refractivity contribution in [3.05, 3.63) is 69.6 Å². The van der Waals surface area contributed by atoms with Gasteiger partial charge in [-0.1, -0.05) is 48.2 Å². The highest BCUT2D eigenvalue weighted by molar-refractivity contribution is 8.27. The molecule has 4 nitrogen and oxygen atoms in total. The average molecular weight is 369 g/mol. The third kappa shape index (κ3) is 3.36. The minimum atomic E-state index is -0.979. The molecule has 1 saturated heterocycles. The van der Waals surface area contributed by atoms with E-state index in [1.165, 1.54) is 23.9 Å². The number of carboxylic acid groups (broad SMARTS) is 1. The molecule has 0 aromatic heterocycles. The van der Waals surface area contributed by atoms with Crippen LogP contribution in [0.1, 0.15) is 27.0 Å². The standard InChI is InChI=1S/C19H15NO3S2/c1-11-4-3-5-15(12(11)2)20-17(21)16(25-19(20)24)10-13-6-8-14(9-7-13)18(22)23/h3-10H,1-2H3,(H,22,23)/b16-10+. The van der Waals surface area contributed by atoms with Crippen molar-refractivity contribution in [2.45, 2.75) is 13.8 Å². The Morgan fingerprint density at radius 3 is 2.48 bits per heavy atom. The molecule has 25 heavy (non-hydrogen) atoms. The van der Waals surface area contributed by atoms with Gasteiger partial charge in [0.2, 0.25) is 0 Å². The maximum Gasteiger partial charge on any atom is 0.335 e. The Hall–Kier alpha value is -2.44. The second kappa shape index (κ2) is 6.82. The zero-order valence-corrected chi connectivity index (χ0v) is 15.3. The van der Waals surface area contributed by atoms with Crippen LogP contribution in [0.5, 0.6) is 0 Å². The second-order valence-corrected chi connectivity index (χ2v) is 7.34. The molecule has 1 aliphatic rings. The molecule has 0 unspecified atom stereocenters. The quantitative estimate of drug-likeness (QED) is 0.642. The van der Waals surface area contributed by atoms with Crippen LogP contribution in [-0.4, -0.2) is 21.3 Å². The summed E-state index contributed by atoms with van der Waals surface area (Å²) in [5, 5.41) is 8.95. The molecule has 1 heterocycles. The van der Waals surface area contributed by atoms with E-state index in [-0.39, 0.29) is 11.5 Å². The van der Waals surface area contributed by atoms with Crippen molar-refractivity contribution < 1.29 is 14.7 Å². The topological polar surface area (TPSA) is 57.6 Å². The van der Waals surface area contributed by atoms with E-state index in [2.05, 4.69) is 0 Å². The highest BCUT2D eigenvalue weighted by atomic mass is 32.2. The van der Waals surface area contributed by atoms with Gasteiger partial charge in [0.25, 0.3) is 5.91 Å². The zero-order valence-electron chi connectivity index (χ0n) is 13.6. The number of hydrogen-bond acceptors (Lipinski definition) is 4. The molecule has 2 aromatic carbocycles. The van der Waals surface area contributed by atoms with Gasteiger partial charge in [-0.15, -0.1) is 0 Å². The molecule has 3 rings (SSSR count). The lowest BCUT2D eigenvalue weighted by molar-refractivity contribution is -0.113. The number of thioether (sulfide) groups is 1. The van der Waals surface area contributed by atoms with Crippen LogP contribution in [0.2, 0.25) is 0 Å². The molecule has 0 aliphatic carbocycles. The first-order valence-electron chi connectivity index (χ1n) is 7.56. The Labute approximate surface area is 155 Å². The Kier molecular flexibility index (Phi) is 4.74. The maximum atomic E-state index is 12.8. The van der Waals surface area contributed by atoms with E-state index in [0.29, 0.717) is 9.23 Å². The van der Waals surface area contributed by atoms with Crippen LogP contribution in [0.3, 0.4) is 0 Å². The number of aryl methyl sites for hydroxylation is 1. The van der Waals surface area contributed by atoms with Gasteiger partial charge in [-0.25, -0.2) is 4.79 Å². The molecule has 1 fully saturated rings. The van der Waals surface area contributed by atoms with Crippen LogP contribution >= 0.6 is 24.0 Å². The summed E-state index contributed by atoms with van der Waals surface area (Å²) in [6.07, 6.45) is 1.73. The molecule has 1 N–H and O–H groups in total.